The van der Waals surface area contributed by atoms with Crippen molar-refractivity contribution in [2.45, 2.75) is 13.8 Å². The summed E-state index contributed by atoms with van der Waals surface area (Å²) in [6.07, 6.45) is 5.27. The molecule has 3 nitrogen and oxygen atoms in total. The van der Waals surface area contributed by atoms with Crippen LogP contribution >= 0.6 is 0 Å². The molecule has 0 aromatic carbocycles. The summed E-state index contributed by atoms with van der Waals surface area (Å²) in [7, 11) is 0. The quantitative estimate of drug-likeness (QED) is 0.605. The van der Waals surface area contributed by atoms with Crippen LogP contribution in [-0.4, -0.2) is 18.4 Å². The van der Waals surface area contributed by atoms with Crippen molar-refractivity contribution in [1.82, 2.24) is 0 Å². The third kappa shape index (κ3) is 2.83. The first-order chi connectivity index (χ1) is 6.11. The maximum Gasteiger partial charge on any atom is 0.302 e. The molecule has 0 bridgehead atoms. The van der Waals surface area contributed by atoms with Crippen molar-refractivity contribution in [3.63, 3.8) is 0 Å². The van der Waals surface area contributed by atoms with Gasteiger partial charge in [0.2, 0.25) is 0 Å². The Labute approximate surface area is 78.5 Å². The van der Waals surface area contributed by atoms with E-state index in [9.17, 15) is 9.59 Å². The van der Waals surface area contributed by atoms with Gasteiger partial charge in [0.05, 0.1) is 12.5 Å². The highest BCUT2D eigenvalue weighted by molar-refractivity contribution is 5.97. The van der Waals surface area contributed by atoms with Crippen molar-refractivity contribution in [3.8, 4) is 0 Å². The maximum absolute atomic E-state index is 11.0. The largest absolute Gasteiger partial charge is 0.465 e. The maximum atomic E-state index is 11.0. The van der Waals surface area contributed by atoms with Crippen LogP contribution in [0.15, 0.2) is 0 Å². The van der Waals surface area contributed by atoms with Crippen molar-refractivity contribution in [2.24, 2.45) is 0 Å². The molecule has 0 N–H and O–H groups in total. The van der Waals surface area contributed by atoms with Crippen LogP contribution in [-0.2, 0) is 14.3 Å². The summed E-state index contributed by atoms with van der Waals surface area (Å²) in [5.74, 6) is 1.05. The topological polar surface area (TPSA) is 43.4 Å². The molecule has 1 aliphatic carbocycles. The van der Waals surface area contributed by atoms with Crippen molar-refractivity contribution in [1.29, 1.82) is 0 Å². The van der Waals surface area contributed by atoms with Gasteiger partial charge in [0.25, 0.3) is 0 Å². The molecule has 5 radical (unpaired) electrons. The summed E-state index contributed by atoms with van der Waals surface area (Å²) in [4.78, 5) is 21.5. The van der Waals surface area contributed by atoms with Crippen LogP contribution in [0, 0.1) is 31.1 Å². The molecule has 1 aliphatic rings. The smallest absolute Gasteiger partial charge is 0.302 e. The van der Waals surface area contributed by atoms with Gasteiger partial charge in [-0.05, 0) is 26.2 Å². The van der Waals surface area contributed by atoms with Crippen LogP contribution < -0.4 is 0 Å². The molecular formula is C10H11O3. The minimum Gasteiger partial charge on any atom is -0.465 e. The molecule has 0 aromatic rings. The number of ether oxygens (including phenoxy) is 1. The minimum absolute atomic E-state index is 0.00727. The summed E-state index contributed by atoms with van der Waals surface area (Å²) in [5.41, 5.74) is 0. The first-order valence-corrected chi connectivity index (χ1v) is 4.00. The molecule has 69 valence electrons. The lowest BCUT2D eigenvalue weighted by atomic mass is 9.93. The molecule has 1 saturated carbocycles. The predicted octanol–water partition coefficient (Wildman–Crippen LogP) is 0.914. The Morgan fingerprint density at radius 1 is 1.31 bits per heavy atom. The minimum atomic E-state index is -0.337. The van der Waals surface area contributed by atoms with Gasteiger partial charge in [-0.3, -0.25) is 9.59 Å². The van der Waals surface area contributed by atoms with Gasteiger partial charge in [0.15, 0.2) is 0 Å². The highest BCUT2D eigenvalue weighted by atomic mass is 16.5. The van der Waals surface area contributed by atoms with Gasteiger partial charge in [0, 0.05) is 12.8 Å². The SMILES string of the molecule is CC(=O)OC[C]1[CH][CH][CH][C]1C(C)=O. The molecule has 1 rings (SSSR count). The molecule has 0 saturated heterocycles. The second-order valence-electron chi connectivity index (χ2n) is 2.80. The first kappa shape index (κ1) is 10.2. The summed E-state index contributed by atoms with van der Waals surface area (Å²) in [6, 6.07) is 0. The normalized spacial score (nSPS) is 18.9. The van der Waals surface area contributed by atoms with Crippen molar-refractivity contribution in [3.05, 3.63) is 31.1 Å². The Morgan fingerprint density at radius 3 is 2.54 bits per heavy atom. The number of carbonyl (C=O) groups is 2. The van der Waals surface area contributed by atoms with Crippen LogP contribution in [0.3, 0.4) is 0 Å². The van der Waals surface area contributed by atoms with Crippen LogP contribution in [0.1, 0.15) is 13.8 Å². The van der Waals surface area contributed by atoms with E-state index in [1.807, 2.05) is 0 Å². The number of Topliss-reactive ketones (excluding diaryl/α,β-unsaturated/α-hetero) is 1. The van der Waals surface area contributed by atoms with Gasteiger partial charge >= 0.3 is 5.97 Å². The Balaban J connectivity index is 2.39. The van der Waals surface area contributed by atoms with E-state index in [1.54, 1.807) is 19.3 Å². The molecule has 1 fully saturated rings. The lowest BCUT2D eigenvalue weighted by Gasteiger charge is -2.14. The number of hydrogen-bond donors (Lipinski definition) is 0. The standard InChI is InChI=1S/C10H11O3/c1-7(11)10-5-3-4-9(10)6-13-8(2)12/h3-5H,6H2,1-2H3. The first-order valence-electron chi connectivity index (χ1n) is 4.00. The summed E-state index contributed by atoms with van der Waals surface area (Å²) in [5, 5.41) is 0. The number of rotatable bonds is 3. The average Bonchev–Trinajstić information content (AvgIpc) is 2.47. The zero-order valence-corrected chi connectivity index (χ0v) is 7.66. The Bertz CT molecular complexity index is 210. The molecule has 0 atom stereocenters. The van der Waals surface area contributed by atoms with E-state index in [0.717, 1.165) is 5.92 Å². The Morgan fingerprint density at radius 2 is 2.00 bits per heavy atom. The van der Waals surface area contributed by atoms with Gasteiger partial charge < -0.3 is 4.74 Å². The van der Waals surface area contributed by atoms with Gasteiger partial charge in [-0.2, -0.15) is 0 Å². The lowest BCUT2D eigenvalue weighted by molar-refractivity contribution is -0.140. The van der Waals surface area contributed by atoms with Crippen LogP contribution in [0.5, 0.6) is 0 Å². The Hall–Kier alpha value is -0.860. The second kappa shape index (κ2) is 4.40. The van der Waals surface area contributed by atoms with Crippen molar-refractivity contribution >= 4 is 11.8 Å². The summed E-state index contributed by atoms with van der Waals surface area (Å²) in [6.45, 7) is 3.01. The molecule has 0 spiro atoms. The molecule has 3 heteroatoms. The highest BCUT2D eigenvalue weighted by Gasteiger charge is 2.33. The third-order valence-electron chi connectivity index (χ3n) is 1.72. The van der Waals surface area contributed by atoms with E-state index in [-0.39, 0.29) is 18.4 Å². The van der Waals surface area contributed by atoms with Gasteiger partial charge in [-0.15, -0.1) is 0 Å². The van der Waals surface area contributed by atoms with Gasteiger partial charge in [-0.25, -0.2) is 0 Å². The number of esters is 1. The van der Waals surface area contributed by atoms with Gasteiger partial charge in [-0.1, -0.05) is 0 Å². The predicted molar refractivity (Wildman–Crippen MR) is 46.7 cm³/mol. The van der Waals surface area contributed by atoms with E-state index < -0.39 is 0 Å². The van der Waals surface area contributed by atoms with E-state index in [2.05, 4.69) is 0 Å². The molecule has 0 aliphatic heterocycles. The summed E-state index contributed by atoms with van der Waals surface area (Å²) >= 11 is 0. The summed E-state index contributed by atoms with van der Waals surface area (Å²) < 4.78 is 4.79. The average molecular weight is 179 g/mol. The number of ketones is 1. The molecule has 0 aromatic heterocycles. The highest BCUT2D eigenvalue weighted by Crippen LogP contribution is 2.33. The zero-order chi connectivity index (χ0) is 9.84. The molecular weight excluding hydrogens is 168 g/mol. The van der Waals surface area contributed by atoms with Crippen LogP contribution in [0.2, 0.25) is 0 Å². The zero-order valence-electron chi connectivity index (χ0n) is 7.66. The number of hydrogen-bond acceptors (Lipinski definition) is 3. The molecule has 0 amide bonds. The second-order valence-corrected chi connectivity index (χ2v) is 2.80. The fourth-order valence-electron chi connectivity index (χ4n) is 1.11. The van der Waals surface area contributed by atoms with Crippen molar-refractivity contribution in [2.75, 3.05) is 6.61 Å². The fraction of sp³-hybridized carbons (Fsp3) is 0.300. The van der Waals surface area contributed by atoms with E-state index in [0.29, 0.717) is 5.92 Å². The number of carbonyl (C=O) groups excluding carboxylic acids is 2. The van der Waals surface area contributed by atoms with Crippen LogP contribution in [0.25, 0.3) is 0 Å². The lowest BCUT2D eigenvalue weighted by Crippen LogP contribution is -2.18. The molecule has 0 heterocycles. The monoisotopic (exact) mass is 179 g/mol. The van der Waals surface area contributed by atoms with Gasteiger partial charge in [0.1, 0.15) is 5.78 Å². The third-order valence-corrected chi connectivity index (χ3v) is 1.72. The fourth-order valence-corrected chi connectivity index (χ4v) is 1.11. The Kier molecular flexibility index (Phi) is 3.46. The van der Waals surface area contributed by atoms with E-state index >= 15 is 0 Å². The van der Waals surface area contributed by atoms with Crippen LogP contribution in [0.4, 0.5) is 0 Å². The molecule has 13 heavy (non-hydrogen) atoms. The molecule has 0 unspecified atom stereocenters. The van der Waals surface area contributed by atoms with E-state index in [4.69, 9.17) is 4.74 Å². The van der Waals surface area contributed by atoms with E-state index in [1.165, 1.54) is 13.8 Å². The van der Waals surface area contributed by atoms with Crippen molar-refractivity contribution < 1.29 is 14.3 Å².